The van der Waals surface area contributed by atoms with Gasteiger partial charge in [0.05, 0.1) is 0 Å². The van der Waals surface area contributed by atoms with Gasteiger partial charge in [0.25, 0.3) is 5.56 Å². The van der Waals surface area contributed by atoms with E-state index in [0.717, 1.165) is 0 Å². The number of H-pyrrole nitrogens is 1. The third-order valence-corrected chi connectivity index (χ3v) is 1.21. The standard InChI is InChI=1S/C8H9NO3/c1-5-3-7(12-6(2)10)4-8(11)9-5/h3-4H,1-2H3,(H,9,11). The number of ether oxygens (including phenoxy) is 1. The lowest BCUT2D eigenvalue weighted by atomic mass is 10.3. The van der Waals surface area contributed by atoms with Crippen LogP contribution in [0.4, 0.5) is 0 Å². The minimum absolute atomic E-state index is 0.272. The van der Waals surface area contributed by atoms with Crippen molar-refractivity contribution in [2.75, 3.05) is 0 Å². The summed E-state index contributed by atoms with van der Waals surface area (Å²) in [5.74, 6) is -0.149. The lowest BCUT2D eigenvalue weighted by molar-refractivity contribution is -0.131. The van der Waals surface area contributed by atoms with E-state index in [1.54, 1.807) is 13.0 Å². The van der Waals surface area contributed by atoms with Crippen LogP contribution in [0.15, 0.2) is 16.9 Å². The quantitative estimate of drug-likeness (QED) is 0.623. The molecule has 0 saturated carbocycles. The molecular formula is C8H9NO3. The predicted octanol–water partition coefficient (Wildman–Crippen LogP) is 0.609. The second-order valence-corrected chi connectivity index (χ2v) is 2.46. The number of carbonyl (C=O) groups is 1. The van der Waals surface area contributed by atoms with Crippen molar-refractivity contribution in [2.24, 2.45) is 0 Å². The highest BCUT2D eigenvalue weighted by molar-refractivity contribution is 5.69. The van der Waals surface area contributed by atoms with E-state index in [2.05, 4.69) is 4.98 Å². The first-order chi connectivity index (χ1) is 5.58. The van der Waals surface area contributed by atoms with Crippen molar-refractivity contribution in [1.29, 1.82) is 0 Å². The maximum atomic E-state index is 10.8. The van der Waals surface area contributed by atoms with Gasteiger partial charge in [-0.25, -0.2) is 0 Å². The van der Waals surface area contributed by atoms with Gasteiger partial charge in [-0.3, -0.25) is 9.59 Å². The number of aryl methyl sites for hydroxylation is 1. The summed E-state index contributed by atoms with van der Waals surface area (Å²) in [5, 5.41) is 0. The smallest absolute Gasteiger partial charge is 0.308 e. The SMILES string of the molecule is CC(=O)Oc1cc(C)[nH]c(=O)c1. The Hall–Kier alpha value is -1.58. The first-order valence-corrected chi connectivity index (χ1v) is 3.47. The molecule has 0 amide bonds. The predicted molar refractivity (Wildman–Crippen MR) is 43.1 cm³/mol. The van der Waals surface area contributed by atoms with E-state index < -0.39 is 5.97 Å². The fourth-order valence-electron chi connectivity index (χ4n) is 0.876. The van der Waals surface area contributed by atoms with Crippen LogP contribution in [0.5, 0.6) is 5.75 Å². The third-order valence-electron chi connectivity index (χ3n) is 1.21. The van der Waals surface area contributed by atoms with Crippen molar-refractivity contribution in [3.8, 4) is 5.75 Å². The topological polar surface area (TPSA) is 59.2 Å². The monoisotopic (exact) mass is 167 g/mol. The summed E-state index contributed by atoms with van der Waals surface area (Å²) in [6.07, 6.45) is 0. The number of pyridine rings is 1. The third kappa shape index (κ3) is 2.23. The molecule has 4 nitrogen and oxygen atoms in total. The first kappa shape index (κ1) is 8.52. The highest BCUT2D eigenvalue weighted by Crippen LogP contribution is 2.07. The maximum Gasteiger partial charge on any atom is 0.308 e. The number of rotatable bonds is 1. The van der Waals surface area contributed by atoms with E-state index in [-0.39, 0.29) is 11.3 Å². The molecule has 0 spiro atoms. The van der Waals surface area contributed by atoms with Crippen molar-refractivity contribution in [1.82, 2.24) is 4.98 Å². The summed E-state index contributed by atoms with van der Waals surface area (Å²) in [4.78, 5) is 23.9. The molecule has 64 valence electrons. The fourth-order valence-corrected chi connectivity index (χ4v) is 0.876. The van der Waals surface area contributed by atoms with Crippen LogP contribution in [0.25, 0.3) is 0 Å². The zero-order valence-corrected chi connectivity index (χ0v) is 6.88. The number of hydrogen-bond donors (Lipinski definition) is 1. The highest BCUT2D eigenvalue weighted by atomic mass is 16.5. The van der Waals surface area contributed by atoms with E-state index >= 15 is 0 Å². The summed E-state index contributed by atoms with van der Waals surface area (Å²) < 4.78 is 4.72. The van der Waals surface area contributed by atoms with Crippen molar-refractivity contribution >= 4 is 5.97 Å². The van der Waals surface area contributed by atoms with Crippen LogP contribution in [-0.4, -0.2) is 11.0 Å². The van der Waals surface area contributed by atoms with Crippen molar-refractivity contribution in [3.63, 3.8) is 0 Å². The van der Waals surface area contributed by atoms with Gasteiger partial charge in [-0.15, -0.1) is 0 Å². The van der Waals surface area contributed by atoms with Gasteiger partial charge >= 0.3 is 5.97 Å². The van der Waals surface area contributed by atoms with Crippen molar-refractivity contribution < 1.29 is 9.53 Å². The van der Waals surface area contributed by atoms with Gasteiger partial charge < -0.3 is 9.72 Å². The van der Waals surface area contributed by atoms with Crippen LogP contribution >= 0.6 is 0 Å². The summed E-state index contributed by atoms with van der Waals surface area (Å²) >= 11 is 0. The van der Waals surface area contributed by atoms with Crippen LogP contribution in [0, 0.1) is 6.92 Å². The summed E-state index contributed by atoms with van der Waals surface area (Å²) in [6.45, 7) is 3.00. The number of esters is 1. The molecule has 0 aliphatic rings. The van der Waals surface area contributed by atoms with Gasteiger partial charge in [-0.2, -0.15) is 0 Å². The van der Waals surface area contributed by atoms with Gasteiger partial charge in [0.15, 0.2) is 0 Å². The Labute approximate surface area is 69.2 Å². The lowest BCUT2D eigenvalue weighted by Crippen LogP contribution is -2.09. The van der Waals surface area contributed by atoms with Gasteiger partial charge in [0.1, 0.15) is 5.75 Å². The number of carbonyl (C=O) groups excluding carboxylic acids is 1. The van der Waals surface area contributed by atoms with Gasteiger partial charge in [0.2, 0.25) is 0 Å². The molecule has 0 aromatic carbocycles. The number of hydrogen-bond acceptors (Lipinski definition) is 3. The Bertz CT molecular complexity index is 354. The summed E-state index contributed by atoms with van der Waals surface area (Å²) in [7, 11) is 0. The van der Waals surface area contributed by atoms with Crippen molar-refractivity contribution in [2.45, 2.75) is 13.8 Å². The number of nitrogens with one attached hydrogen (secondary N) is 1. The first-order valence-electron chi connectivity index (χ1n) is 3.47. The minimum Gasteiger partial charge on any atom is -0.426 e. The van der Waals surface area contributed by atoms with Crippen LogP contribution in [0.2, 0.25) is 0 Å². The van der Waals surface area contributed by atoms with E-state index in [1.165, 1.54) is 13.0 Å². The lowest BCUT2D eigenvalue weighted by Gasteiger charge is -2.00. The average Bonchev–Trinajstić information content (AvgIpc) is 1.81. The number of aromatic nitrogens is 1. The van der Waals surface area contributed by atoms with Gasteiger partial charge in [-0.05, 0) is 6.92 Å². The summed E-state index contributed by atoms with van der Waals surface area (Å²) in [5.41, 5.74) is 0.394. The molecule has 0 atom stereocenters. The van der Waals surface area contributed by atoms with E-state index in [1.807, 2.05) is 0 Å². The minimum atomic E-state index is -0.431. The molecule has 12 heavy (non-hydrogen) atoms. The van der Waals surface area contributed by atoms with E-state index in [0.29, 0.717) is 5.69 Å². The molecule has 4 heteroatoms. The van der Waals surface area contributed by atoms with E-state index in [9.17, 15) is 9.59 Å². The van der Waals surface area contributed by atoms with Crippen LogP contribution in [0.3, 0.4) is 0 Å². The second kappa shape index (κ2) is 3.21. The molecule has 0 aliphatic carbocycles. The Morgan fingerprint density at radius 1 is 1.50 bits per heavy atom. The maximum absolute atomic E-state index is 10.8. The second-order valence-electron chi connectivity index (χ2n) is 2.46. The van der Waals surface area contributed by atoms with Crippen molar-refractivity contribution in [3.05, 3.63) is 28.2 Å². The molecule has 0 radical (unpaired) electrons. The zero-order chi connectivity index (χ0) is 9.14. The molecule has 0 unspecified atom stereocenters. The van der Waals surface area contributed by atoms with Crippen LogP contribution < -0.4 is 10.3 Å². The molecule has 0 fully saturated rings. The molecule has 1 heterocycles. The van der Waals surface area contributed by atoms with Gasteiger partial charge in [0, 0.05) is 24.8 Å². The molecule has 1 aromatic heterocycles. The Morgan fingerprint density at radius 2 is 2.17 bits per heavy atom. The van der Waals surface area contributed by atoms with E-state index in [4.69, 9.17) is 4.74 Å². The normalized spacial score (nSPS) is 9.50. The molecular weight excluding hydrogens is 158 g/mol. The largest absolute Gasteiger partial charge is 0.426 e. The highest BCUT2D eigenvalue weighted by Gasteiger charge is 1.99. The fraction of sp³-hybridized carbons (Fsp3) is 0.250. The molecule has 0 bridgehead atoms. The molecule has 0 saturated heterocycles. The molecule has 1 N–H and O–H groups in total. The Balaban J connectivity index is 3.01. The molecule has 1 rings (SSSR count). The van der Waals surface area contributed by atoms with Crippen LogP contribution in [0.1, 0.15) is 12.6 Å². The van der Waals surface area contributed by atoms with Crippen LogP contribution in [-0.2, 0) is 4.79 Å². The molecule has 1 aromatic rings. The average molecular weight is 167 g/mol. The molecule has 0 aliphatic heterocycles. The Morgan fingerprint density at radius 3 is 2.67 bits per heavy atom. The summed E-state index contributed by atoms with van der Waals surface area (Å²) in [6, 6.07) is 2.82. The zero-order valence-electron chi connectivity index (χ0n) is 6.88. The Kier molecular flexibility index (Phi) is 2.28. The number of aromatic amines is 1. The van der Waals surface area contributed by atoms with Gasteiger partial charge in [-0.1, -0.05) is 0 Å².